The maximum absolute atomic E-state index is 10.7. The average molecular weight is 239 g/mol. The molecule has 0 aliphatic heterocycles. The molecule has 0 spiro atoms. The van der Waals surface area contributed by atoms with Gasteiger partial charge in [0.15, 0.2) is 0 Å². The molecule has 3 rings (SSSR count). The van der Waals surface area contributed by atoms with Crippen molar-refractivity contribution >= 4 is 28.2 Å². The minimum Gasteiger partial charge on any atom is -0.455 e. The number of furan rings is 1. The van der Waals surface area contributed by atoms with Crippen molar-refractivity contribution in [1.29, 1.82) is 0 Å². The topological polar surface area (TPSA) is 56.2 Å². The van der Waals surface area contributed by atoms with E-state index in [4.69, 9.17) is 10.2 Å². The van der Waals surface area contributed by atoms with E-state index in [9.17, 15) is 4.79 Å². The lowest BCUT2D eigenvalue weighted by Gasteiger charge is -1.96. The summed E-state index contributed by atoms with van der Waals surface area (Å²) in [6, 6.07) is 11.8. The summed E-state index contributed by atoms with van der Waals surface area (Å²) in [4.78, 5) is 10.7. The van der Waals surface area contributed by atoms with Crippen molar-refractivity contribution in [1.82, 2.24) is 0 Å². The van der Waals surface area contributed by atoms with Crippen LogP contribution < -0.4 is 5.73 Å². The lowest BCUT2D eigenvalue weighted by molar-refractivity contribution is -0.107. The molecule has 0 aliphatic rings. The summed E-state index contributed by atoms with van der Waals surface area (Å²) in [6.45, 7) is 0.445. The van der Waals surface area contributed by atoms with Crippen molar-refractivity contribution in [2.75, 3.05) is 0 Å². The van der Waals surface area contributed by atoms with E-state index in [1.54, 1.807) is 0 Å². The molecule has 0 amide bonds. The monoisotopic (exact) mass is 239 g/mol. The molecule has 0 atom stereocenters. The molecule has 2 aromatic carbocycles. The number of hydrogen-bond acceptors (Lipinski definition) is 3. The standard InChI is InChI=1S/C15H13NO2/c16-9-11-4-2-6-13-12-5-1-3-10(7-8-17)14(12)18-15(11)13/h1-6,8H,7,9,16H2. The smallest absolute Gasteiger partial charge is 0.139 e. The summed E-state index contributed by atoms with van der Waals surface area (Å²) < 4.78 is 5.92. The number of para-hydroxylation sites is 2. The van der Waals surface area contributed by atoms with Gasteiger partial charge in [-0.15, -0.1) is 0 Å². The zero-order valence-electron chi connectivity index (χ0n) is 9.85. The molecule has 0 bridgehead atoms. The molecule has 0 saturated carbocycles. The van der Waals surface area contributed by atoms with Crippen LogP contribution in [0.4, 0.5) is 0 Å². The molecule has 2 N–H and O–H groups in total. The third-order valence-corrected chi connectivity index (χ3v) is 3.21. The molecule has 3 nitrogen and oxygen atoms in total. The van der Waals surface area contributed by atoms with E-state index < -0.39 is 0 Å². The maximum atomic E-state index is 10.7. The van der Waals surface area contributed by atoms with E-state index in [0.717, 1.165) is 39.4 Å². The van der Waals surface area contributed by atoms with Crippen LogP contribution in [0.1, 0.15) is 11.1 Å². The summed E-state index contributed by atoms with van der Waals surface area (Å²) in [5.41, 5.74) is 9.24. The van der Waals surface area contributed by atoms with Gasteiger partial charge in [-0.1, -0.05) is 36.4 Å². The summed E-state index contributed by atoms with van der Waals surface area (Å²) in [5, 5.41) is 2.10. The Labute approximate surface area is 104 Å². The molecule has 18 heavy (non-hydrogen) atoms. The Kier molecular flexibility index (Phi) is 2.61. The van der Waals surface area contributed by atoms with Gasteiger partial charge in [0, 0.05) is 34.9 Å². The number of benzene rings is 2. The first-order valence-electron chi connectivity index (χ1n) is 5.91. The van der Waals surface area contributed by atoms with E-state index in [-0.39, 0.29) is 0 Å². The van der Waals surface area contributed by atoms with Crippen molar-refractivity contribution in [2.45, 2.75) is 13.0 Å². The minimum atomic E-state index is 0.370. The molecule has 0 aliphatic carbocycles. The quantitative estimate of drug-likeness (QED) is 0.715. The molecule has 0 saturated heterocycles. The fourth-order valence-corrected chi connectivity index (χ4v) is 2.35. The Morgan fingerprint density at radius 2 is 1.61 bits per heavy atom. The van der Waals surface area contributed by atoms with Gasteiger partial charge in [-0.3, -0.25) is 0 Å². The lowest BCUT2D eigenvalue weighted by Crippen LogP contribution is -1.95. The highest BCUT2D eigenvalue weighted by Gasteiger charge is 2.12. The maximum Gasteiger partial charge on any atom is 0.139 e. The normalized spacial score (nSPS) is 11.2. The molecule has 1 aromatic heterocycles. The number of carbonyl (C=O) groups excluding carboxylic acids is 1. The first-order chi connectivity index (χ1) is 8.85. The molecule has 0 radical (unpaired) electrons. The number of aldehydes is 1. The highest BCUT2D eigenvalue weighted by atomic mass is 16.3. The Hall–Kier alpha value is -2.13. The van der Waals surface area contributed by atoms with Gasteiger partial charge in [0.25, 0.3) is 0 Å². The van der Waals surface area contributed by atoms with Crippen LogP contribution in [0.25, 0.3) is 21.9 Å². The molecule has 3 heteroatoms. The van der Waals surface area contributed by atoms with E-state index in [0.29, 0.717) is 13.0 Å². The third kappa shape index (κ3) is 1.52. The Balaban J connectivity index is 2.42. The number of rotatable bonds is 3. The average Bonchev–Trinajstić information content (AvgIpc) is 2.79. The summed E-state index contributed by atoms with van der Waals surface area (Å²) in [6.07, 6.45) is 1.26. The minimum absolute atomic E-state index is 0.370. The second-order valence-electron chi connectivity index (χ2n) is 4.26. The summed E-state index contributed by atoms with van der Waals surface area (Å²) in [7, 11) is 0. The van der Waals surface area contributed by atoms with E-state index in [1.807, 2.05) is 36.4 Å². The predicted octanol–water partition coefficient (Wildman–Crippen LogP) is 2.79. The van der Waals surface area contributed by atoms with Crippen molar-refractivity contribution in [3.63, 3.8) is 0 Å². The zero-order chi connectivity index (χ0) is 12.5. The lowest BCUT2D eigenvalue weighted by atomic mass is 10.1. The molecule has 0 fully saturated rings. The van der Waals surface area contributed by atoms with Crippen molar-refractivity contribution in [3.05, 3.63) is 47.5 Å². The van der Waals surface area contributed by atoms with Crippen LogP contribution >= 0.6 is 0 Å². The van der Waals surface area contributed by atoms with Crippen LogP contribution in [0.2, 0.25) is 0 Å². The van der Waals surface area contributed by atoms with Crippen LogP contribution in [0, 0.1) is 0 Å². The van der Waals surface area contributed by atoms with E-state index in [2.05, 4.69) is 0 Å². The van der Waals surface area contributed by atoms with Crippen LogP contribution in [0.5, 0.6) is 0 Å². The Morgan fingerprint density at radius 1 is 1.00 bits per heavy atom. The highest BCUT2D eigenvalue weighted by molar-refractivity contribution is 6.07. The molecule has 0 unspecified atom stereocenters. The zero-order valence-corrected chi connectivity index (χ0v) is 9.85. The molecule has 3 aromatic rings. The van der Waals surface area contributed by atoms with Crippen LogP contribution in [-0.4, -0.2) is 6.29 Å². The van der Waals surface area contributed by atoms with E-state index in [1.165, 1.54) is 0 Å². The summed E-state index contributed by atoms with van der Waals surface area (Å²) >= 11 is 0. The third-order valence-electron chi connectivity index (χ3n) is 3.21. The number of carbonyl (C=O) groups is 1. The van der Waals surface area contributed by atoms with Gasteiger partial charge in [0.05, 0.1) is 0 Å². The molecular weight excluding hydrogens is 226 g/mol. The first-order valence-corrected chi connectivity index (χ1v) is 5.91. The first kappa shape index (κ1) is 11.0. The number of fused-ring (bicyclic) bond motifs is 3. The predicted molar refractivity (Wildman–Crippen MR) is 71.4 cm³/mol. The second kappa shape index (κ2) is 4.27. The van der Waals surface area contributed by atoms with Gasteiger partial charge in [-0.05, 0) is 0 Å². The van der Waals surface area contributed by atoms with Crippen LogP contribution in [0.15, 0.2) is 40.8 Å². The Morgan fingerprint density at radius 3 is 2.22 bits per heavy atom. The molecule has 90 valence electrons. The fourth-order valence-electron chi connectivity index (χ4n) is 2.35. The van der Waals surface area contributed by atoms with Crippen LogP contribution in [-0.2, 0) is 17.8 Å². The highest BCUT2D eigenvalue weighted by Crippen LogP contribution is 2.32. The SMILES string of the molecule is NCc1cccc2c1oc1c(CC=O)cccc12. The van der Waals surface area contributed by atoms with Gasteiger partial charge in [-0.25, -0.2) is 0 Å². The Bertz CT molecular complexity index is 728. The van der Waals surface area contributed by atoms with Crippen molar-refractivity contribution < 1.29 is 9.21 Å². The van der Waals surface area contributed by atoms with Gasteiger partial charge in [-0.2, -0.15) is 0 Å². The van der Waals surface area contributed by atoms with Gasteiger partial charge in [0.1, 0.15) is 17.5 Å². The molecular formula is C15H13NO2. The van der Waals surface area contributed by atoms with Gasteiger partial charge < -0.3 is 14.9 Å². The number of nitrogens with two attached hydrogens (primary N) is 1. The van der Waals surface area contributed by atoms with Gasteiger partial charge >= 0.3 is 0 Å². The van der Waals surface area contributed by atoms with Crippen molar-refractivity contribution in [3.8, 4) is 0 Å². The van der Waals surface area contributed by atoms with Gasteiger partial charge in [0.2, 0.25) is 0 Å². The van der Waals surface area contributed by atoms with Crippen LogP contribution in [0.3, 0.4) is 0 Å². The summed E-state index contributed by atoms with van der Waals surface area (Å²) in [5.74, 6) is 0. The molecule has 1 heterocycles. The second-order valence-corrected chi connectivity index (χ2v) is 4.26. The van der Waals surface area contributed by atoms with E-state index >= 15 is 0 Å². The fraction of sp³-hybridized carbons (Fsp3) is 0.133. The van der Waals surface area contributed by atoms with Crippen molar-refractivity contribution in [2.24, 2.45) is 5.73 Å². The largest absolute Gasteiger partial charge is 0.455 e. The number of hydrogen-bond donors (Lipinski definition) is 1.